The summed E-state index contributed by atoms with van der Waals surface area (Å²) in [6.07, 6.45) is 0. The minimum absolute atomic E-state index is 0.590. The molecule has 6 heteroatoms. The van der Waals surface area contributed by atoms with Crippen molar-refractivity contribution in [2.75, 3.05) is 49.7 Å². The van der Waals surface area contributed by atoms with E-state index in [9.17, 15) is 0 Å². The van der Waals surface area contributed by atoms with Gasteiger partial charge in [0, 0.05) is 43.9 Å². The summed E-state index contributed by atoms with van der Waals surface area (Å²) in [5.74, 6) is 4.12. The van der Waals surface area contributed by atoms with Crippen LogP contribution in [0, 0.1) is 6.92 Å². The van der Waals surface area contributed by atoms with E-state index in [1.165, 1.54) is 28.3 Å². The van der Waals surface area contributed by atoms with Crippen LogP contribution in [0.5, 0.6) is 5.75 Å². The lowest BCUT2D eigenvalue weighted by atomic mass is 10.2. The zero-order chi connectivity index (χ0) is 19.6. The number of nitrogens with one attached hydrogen (secondary N) is 2. The molecule has 0 saturated carbocycles. The van der Waals surface area contributed by atoms with Crippen LogP contribution >= 0.6 is 11.8 Å². The van der Waals surface area contributed by atoms with Gasteiger partial charge in [-0.15, -0.1) is 0 Å². The van der Waals surface area contributed by atoms with Gasteiger partial charge in [0.15, 0.2) is 5.96 Å². The summed E-state index contributed by atoms with van der Waals surface area (Å²) in [5.41, 5.74) is 3.80. The molecule has 0 unspecified atom stereocenters. The van der Waals surface area contributed by atoms with Crippen LogP contribution in [0.2, 0.25) is 0 Å². The van der Waals surface area contributed by atoms with Crippen LogP contribution in [0.15, 0.2) is 53.5 Å². The molecule has 1 saturated heterocycles. The Morgan fingerprint density at radius 2 is 1.75 bits per heavy atom. The van der Waals surface area contributed by atoms with Crippen LogP contribution in [-0.2, 0) is 6.54 Å². The van der Waals surface area contributed by atoms with Gasteiger partial charge in [0.05, 0.1) is 6.54 Å². The highest BCUT2D eigenvalue weighted by Crippen LogP contribution is 2.19. The monoisotopic (exact) mass is 398 g/mol. The van der Waals surface area contributed by atoms with Crippen LogP contribution in [0.1, 0.15) is 11.1 Å². The topological polar surface area (TPSA) is 48.9 Å². The minimum atomic E-state index is 0.590. The number of guanidine groups is 1. The molecule has 28 heavy (non-hydrogen) atoms. The van der Waals surface area contributed by atoms with Gasteiger partial charge < -0.3 is 20.3 Å². The SMILES string of the molecule is CN=C(NCCOc1ccc(C)cc1)NCc1ccc(N2CCSCC2)cc1. The number of ether oxygens (including phenoxy) is 1. The fourth-order valence-electron chi connectivity index (χ4n) is 3.03. The normalized spacial score (nSPS) is 14.6. The molecule has 0 radical (unpaired) electrons. The Morgan fingerprint density at radius 3 is 2.43 bits per heavy atom. The summed E-state index contributed by atoms with van der Waals surface area (Å²) in [5, 5.41) is 6.64. The summed E-state index contributed by atoms with van der Waals surface area (Å²) < 4.78 is 5.74. The summed E-state index contributed by atoms with van der Waals surface area (Å²) in [7, 11) is 1.79. The van der Waals surface area contributed by atoms with E-state index in [4.69, 9.17) is 4.74 Å². The highest BCUT2D eigenvalue weighted by molar-refractivity contribution is 7.99. The van der Waals surface area contributed by atoms with Gasteiger partial charge >= 0.3 is 0 Å². The standard InChI is InChI=1S/C22H30N4OS/c1-18-3-9-21(10-4-18)27-14-11-24-22(23-2)25-17-19-5-7-20(8-6-19)26-12-15-28-16-13-26/h3-10H,11-17H2,1-2H3,(H2,23,24,25). The van der Waals surface area contributed by atoms with Crippen molar-refractivity contribution in [3.63, 3.8) is 0 Å². The van der Waals surface area contributed by atoms with Gasteiger partial charge in [-0.3, -0.25) is 4.99 Å². The highest BCUT2D eigenvalue weighted by Gasteiger charge is 2.10. The molecule has 5 nitrogen and oxygen atoms in total. The van der Waals surface area contributed by atoms with Crippen LogP contribution in [0.4, 0.5) is 5.69 Å². The molecule has 150 valence electrons. The predicted octanol–water partition coefficient (Wildman–Crippen LogP) is 3.29. The zero-order valence-corrected chi connectivity index (χ0v) is 17.6. The lowest BCUT2D eigenvalue weighted by Gasteiger charge is -2.28. The molecule has 0 amide bonds. The fraction of sp³-hybridized carbons (Fsp3) is 0.409. The lowest BCUT2D eigenvalue weighted by Crippen LogP contribution is -2.38. The molecule has 2 aromatic rings. The van der Waals surface area contributed by atoms with Gasteiger partial charge in [-0.25, -0.2) is 0 Å². The number of rotatable bonds is 7. The Bertz CT molecular complexity index is 740. The molecule has 0 aliphatic carbocycles. The Hall–Kier alpha value is -2.34. The van der Waals surface area contributed by atoms with Crippen molar-refractivity contribution in [1.29, 1.82) is 0 Å². The largest absolute Gasteiger partial charge is 0.492 e. The molecule has 3 rings (SSSR count). The van der Waals surface area contributed by atoms with E-state index < -0.39 is 0 Å². The van der Waals surface area contributed by atoms with Crippen molar-refractivity contribution in [3.8, 4) is 5.75 Å². The third-order valence-corrected chi connectivity index (χ3v) is 5.62. The molecule has 1 fully saturated rings. The van der Waals surface area contributed by atoms with Gasteiger partial charge in [-0.05, 0) is 36.8 Å². The summed E-state index contributed by atoms with van der Waals surface area (Å²) in [6, 6.07) is 16.9. The molecule has 0 bridgehead atoms. The van der Waals surface area contributed by atoms with Crippen LogP contribution in [0.3, 0.4) is 0 Å². The van der Waals surface area contributed by atoms with Crippen molar-refractivity contribution in [2.45, 2.75) is 13.5 Å². The molecule has 1 aliphatic rings. The number of thioether (sulfide) groups is 1. The molecular formula is C22H30N4OS. The molecule has 0 spiro atoms. The van der Waals surface area contributed by atoms with Gasteiger partial charge in [-0.1, -0.05) is 29.8 Å². The average molecular weight is 399 g/mol. The lowest BCUT2D eigenvalue weighted by molar-refractivity contribution is 0.322. The van der Waals surface area contributed by atoms with E-state index in [1.54, 1.807) is 7.05 Å². The second-order valence-corrected chi connectivity index (χ2v) is 8.00. The molecule has 0 atom stereocenters. The van der Waals surface area contributed by atoms with E-state index in [2.05, 4.69) is 63.8 Å². The quantitative estimate of drug-likeness (QED) is 0.426. The van der Waals surface area contributed by atoms with Crippen molar-refractivity contribution >= 4 is 23.4 Å². The van der Waals surface area contributed by atoms with Gasteiger partial charge in [0.25, 0.3) is 0 Å². The molecule has 1 heterocycles. The van der Waals surface area contributed by atoms with Gasteiger partial charge in [0.2, 0.25) is 0 Å². The third kappa shape index (κ3) is 6.37. The van der Waals surface area contributed by atoms with E-state index in [0.717, 1.165) is 31.3 Å². The predicted molar refractivity (Wildman–Crippen MR) is 121 cm³/mol. The number of aryl methyl sites for hydroxylation is 1. The summed E-state index contributed by atoms with van der Waals surface area (Å²) in [4.78, 5) is 6.74. The van der Waals surface area contributed by atoms with Crippen molar-refractivity contribution in [1.82, 2.24) is 10.6 Å². The summed E-state index contributed by atoms with van der Waals surface area (Å²) >= 11 is 2.04. The second-order valence-electron chi connectivity index (χ2n) is 6.78. The fourth-order valence-corrected chi connectivity index (χ4v) is 3.93. The second kappa shape index (κ2) is 10.9. The maximum atomic E-state index is 5.74. The zero-order valence-electron chi connectivity index (χ0n) is 16.8. The van der Waals surface area contributed by atoms with E-state index >= 15 is 0 Å². The van der Waals surface area contributed by atoms with Crippen molar-refractivity contribution in [3.05, 3.63) is 59.7 Å². The number of anilines is 1. The van der Waals surface area contributed by atoms with Gasteiger partial charge in [0.1, 0.15) is 12.4 Å². The molecule has 2 aromatic carbocycles. The number of nitrogens with zero attached hydrogens (tertiary/aromatic N) is 2. The number of hydrogen-bond donors (Lipinski definition) is 2. The minimum Gasteiger partial charge on any atom is -0.492 e. The van der Waals surface area contributed by atoms with Crippen molar-refractivity contribution < 1.29 is 4.74 Å². The number of benzene rings is 2. The van der Waals surface area contributed by atoms with Crippen LogP contribution < -0.4 is 20.3 Å². The summed E-state index contributed by atoms with van der Waals surface area (Å²) in [6.45, 7) is 6.38. The molecule has 2 N–H and O–H groups in total. The molecular weight excluding hydrogens is 368 g/mol. The first kappa shape index (κ1) is 20.4. The van der Waals surface area contributed by atoms with Crippen molar-refractivity contribution in [2.24, 2.45) is 4.99 Å². The maximum absolute atomic E-state index is 5.74. The third-order valence-electron chi connectivity index (χ3n) is 4.68. The average Bonchev–Trinajstić information content (AvgIpc) is 2.75. The first-order valence-electron chi connectivity index (χ1n) is 9.80. The Balaban J connectivity index is 1.38. The number of aliphatic imine (C=N–C) groups is 1. The van der Waals surface area contributed by atoms with E-state index in [-0.39, 0.29) is 0 Å². The maximum Gasteiger partial charge on any atom is 0.191 e. The Kier molecular flexibility index (Phi) is 7.91. The Labute approximate surface area is 172 Å². The van der Waals surface area contributed by atoms with E-state index in [0.29, 0.717) is 13.2 Å². The van der Waals surface area contributed by atoms with Crippen LogP contribution in [0.25, 0.3) is 0 Å². The number of hydrogen-bond acceptors (Lipinski definition) is 4. The Morgan fingerprint density at radius 1 is 1.04 bits per heavy atom. The highest BCUT2D eigenvalue weighted by atomic mass is 32.2. The van der Waals surface area contributed by atoms with Crippen LogP contribution in [-0.4, -0.2) is 50.8 Å². The molecule has 0 aromatic heterocycles. The molecule has 1 aliphatic heterocycles. The first-order valence-corrected chi connectivity index (χ1v) is 11.0. The van der Waals surface area contributed by atoms with Gasteiger partial charge in [-0.2, -0.15) is 11.8 Å². The smallest absolute Gasteiger partial charge is 0.191 e. The first-order chi connectivity index (χ1) is 13.7. The van der Waals surface area contributed by atoms with E-state index in [1.807, 2.05) is 23.9 Å².